The third-order valence-corrected chi connectivity index (χ3v) is 3.88. The lowest BCUT2D eigenvalue weighted by Crippen LogP contribution is -2.40. The lowest BCUT2D eigenvalue weighted by molar-refractivity contribution is -0.137. The normalized spacial score (nSPS) is 22.9. The van der Waals surface area contributed by atoms with Gasteiger partial charge in [-0.05, 0) is 44.5 Å². The third kappa shape index (κ3) is 4.11. The molecule has 3 nitrogen and oxygen atoms in total. The first-order valence-corrected chi connectivity index (χ1v) is 7.06. The van der Waals surface area contributed by atoms with Crippen LogP contribution < -0.4 is 10.6 Å². The molecule has 7 heteroatoms. The molecule has 2 atom stereocenters. The van der Waals surface area contributed by atoms with Crippen LogP contribution in [0.25, 0.3) is 0 Å². The minimum atomic E-state index is -4.46. The van der Waals surface area contributed by atoms with Crippen molar-refractivity contribution in [1.82, 2.24) is 5.32 Å². The van der Waals surface area contributed by atoms with Crippen LogP contribution in [0, 0.1) is 5.92 Å². The van der Waals surface area contributed by atoms with Crippen molar-refractivity contribution < 1.29 is 18.0 Å². The van der Waals surface area contributed by atoms with Gasteiger partial charge in [-0.15, -0.1) is 0 Å². The SMILES string of the molecule is CC1CC(C(=O)Nc2cc(C(F)(F)F)ccc2Cl)CCN1. The number of hydrogen-bond acceptors (Lipinski definition) is 2. The first-order chi connectivity index (χ1) is 9.77. The van der Waals surface area contributed by atoms with Gasteiger partial charge in [-0.3, -0.25) is 4.79 Å². The number of amides is 1. The van der Waals surface area contributed by atoms with Gasteiger partial charge in [-0.1, -0.05) is 11.6 Å². The second-order valence-electron chi connectivity index (χ2n) is 5.26. The van der Waals surface area contributed by atoms with Gasteiger partial charge < -0.3 is 10.6 Å². The van der Waals surface area contributed by atoms with Gasteiger partial charge in [0.25, 0.3) is 0 Å². The van der Waals surface area contributed by atoms with Crippen molar-refractivity contribution in [2.45, 2.75) is 32.0 Å². The Bertz CT molecular complexity index is 533. The molecule has 1 aliphatic heterocycles. The summed E-state index contributed by atoms with van der Waals surface area (Å²) in [6.07, 6.45) is -3.15. The molecule has 1 aliphatic rings. The minimum Gasteiger partial charge on any atom is -0.325 e. The molecule has 2 unspecified atom stereocenters. The van der Waals surface area contributed by atoms with Gasteiger partial charge >= 0.3 is 6.18 Å². The van der Waals surface area contributed by atoms with E-state index < -0.39 is 11.7 Å². The zero-order valence-corrected chi connectivity index (χ0v) is 12.2. The largest absolute Gasteiger partial charge is 0.416 e. The fraction of sp³-hybridized carbons (Fsp3) is 0.500. The summed E-state index contributed by atoms with van der Waals surface area (Å²) in [6.45, 7) is 2.69. The van der Waals surface area contributed by atoms with E-state index in [2.05, 4.69) is 10.6 Å². The summed E-state index contributed by atoms with van der Waals surface area (Å²) in [5, 5.41) is 5.83. The minimum absolute atomic E-state index is 0.00248. The maximum Gasteiger partial charge on any atom is 0.416 e. The number of piperidine rings is 1. The number of nitrogens with one attached hydrogen (secondary N) is 2. The molecule has 1 aromatic carbocycles. The Labute approximate surface area is 125 Å². The Morgan fingerprint density at radius 3 is 2.76 bits per heavy atom. The van der Waals surface area contributed by atoms with Crippen LogP contribution in [0.5, 0.6) is 0 Å². The number of anilines is 1. The van der Waals surface area contributed by atoms with E-state index in [-0.39, 0.29) is 28.6 Å². The number of hydrogen-bond donors (Lipinski definition) is 2. The quantitative estimate of drug-likeness (QED) is 0.872. The van der Waals surface area contributed by atoms with Crippen LogP contribution in [0.4, 0.5) is 18.9 Å². The van der Waals surface area contributed by atoms with Crippen molar-refractivity contribution in [3.8, 4) is 0 Å². The van der Waals surface area contributed by atoms with Gasteiger partial charge in [0.2, 0.25) is 5.91 Å². The van der Waals surface area contributed by atoms with Crippen LogP contribution in [-0.4, -0.2) is 18.5 Å². The Kier molecular flexibility index (Phi) is 4.78. The fourth-order valence-electron chi connectivity index (χ4n) is 2.40. The maximum atomic E-state index is 12.7. The van der Waals surface area contributed by atoms with Crippen molar-refractivity contribution in [2.75, 3.05) is 11.9 Å². The van der Waals surface area contributed by atoms with Crippen molar-refractivity contribution in [1.29, 1.82) is 0 Å². The van der Waals surface area contributed by atoms with E-state index in [9.17, 15) is 18.0 Å². The van der Waals surface area contributed by atoms with Gasteiger partial charge in [0, 0.05) is 12.0 Å². The fourth-order valence-corrected chi connectivity index (χ4v) is 2.57. The summed E-state index contributed by atoms with van der Waals surface area (Å²) in [5.41, 5.74) is -0.830. The van der Waals surface area contributed by atoms with Crippen LogP contribution in [0.1, 0.15) is 25.3 Å². The molecule has 1 saturated heterocycles. The van der Waals surface area contributed by atoms with Crippen molar-refractivity contribution >= 4 is 23.2 Å². The highest BCUT2D eigenvalue weighted by molar-refractivity contribution is 6.33. The van der Waals surface area contributed by atoms with E-state index in [1.165, 1.54) is 0 Å². The molecule has 2 rings (SSSR count). The number of halogens is 4. The Hall–Kier alpha value is -1.27. The standard InChI is InChI=1S/C14H16ClF3N2O/c1-8-6-9(4-5-19-8)13(21)20-12-7-10(14(16,17)18)2-3-11(12)15/h2-3,7-9,19H,4-6H2,1H3,(H,20,21). The molecular formula is C14H16ClF3N2O. The summed E-state index contributed by atoms with van der Waals surface area (Å²) in [7, 11) is 0. The molecule has 0 saturated carbocycles. The summed E-state index contributed by atoms with van der Waals surface area (Å²) < 4.78 is 38.0. The second-order valence-corrected chi connectivity index (χ2v) is 5.67. The molecule has 1 aromatic rings. The molecule has 0 aliphatic carbocycles. The van der Waals surface area contributed by atoms with Gasteiger partial charge in [0.15, 0.2) is 0 Å². The zero-order chi connectivity index (χ0) is 15.6. The van der Waals surface area contributed by atoms with Gasteiger partial charge in [0.05, 0.1) is 16.3 Å². The molecule has 0 spiro atoms. The summed E-state index contributed by atoms with van der Waals surface area (Å²) in [5.74, 6) is -0.503. The summed E-state index contributed by atoms with van der Waals surface area (Å²) in [6, 6.07) is 3.12. The predicted octanol–water partition coefficient (Wildman–Crippen LogP) is 3.69. The monoisotopic (exact) mass is 320 g/mol. The molecule has 2 N–H and O–H groups in total. The highest BCUT2D eigenvalue weighted by atomic mass is 35.5. The number of carbonyl (C=O) groups excluding carboxylic acids is 1. The molecule has 1 heterocycles. The number of rotatable bonds is 2. The first kappa shape index (κ1) is 16.1. The summed E-state index contributed by atoms with van der Waals surface area (Å²) in [4.78, 5) is 12.1. The lowest BCUT2D eigenvalue weighted by Gasteiger charge is -2.27. The van der Waals surface area contributed by atoms with E-state index in [0.29, 0.717) is 12.8 Å². The van der Waals surface area contributed by atoms with Gasteiger partial charge in [0.1, 0.15) is 0 Å². The van der Waals surface area contributed by atoms with Crippen molar-refractivity contribution in [3.63, 3.8) is 0 Å². The van der Waals surface area contributed by atoms with E-state index in [4.69, 9.17) is 11.6 Å². The second kappa shape index (κ2) is 6.23. The first-order valence-electron chi connectivity index (χ1n) is 6.68. The maximum absolute atomic E-state index is 12.7. The molecule has 21 heavy (non-hydrogen) atoms. The van der Waals surface area contributed by atoms with Crippen LogP contribution in [-0.2, 0) is 11.0 Å². The third-order valence-electron chi connectivity index (χ3n) is 3.55. The molecule has 1 fully saturated rings. The van der Waals surface area contributed by atoms with Crippen LogP contribution in [0.15, 0.2) is 18.2 Å². The smallest absolute Gasteiger partial charge is 0.325 e. The topological polar surface area (TPSA) is 41.1 Å². The highest BCUT2D eigenvalue weighted by Gasteiger charge is 2.31. The highest BCUT2D eigenvalue weighted by Crippen LogP contribution is 2.34. The number of benzene rings is 1. The average Bonchev–Trinajstić information content (AvgIpc) is 2.40. The van der Waals surface area contributed by atoms with Crippen molar-refractivity contribution in [2.24, 2.45) is 5.92 Å². The molecular weight excluding hydrogens is 305 g/mol. The molecule has 1 amide bonds. The van der Waals surface area contributed by atoms with E-state index >= 15 is 0 Å². The van der Waals surface area contributed by atoms with E-state index in [0.717, 1.165) is 24.7 Å². The van der Waals surface area contributed by atoms with Gasteiger partial charge in [-0.2, -0.15) is 13.2 Å². The van der Waals surface area contributed by atoms with E-state index in [1.54, 1.807) is 0 Å². The lowest BCUT2D eigenvalue weighted by atomic mass is 9.92. The van der Waals surface area contributed by atoms with Crippen LogP contribution in [0.2, 0.25) is 5.02 Å². The number of carbonyl (C=O) groups is 1. The van der Waals surface area contributed by atoms with Crippen LogP contribution >= 0.6 is 11.6 Å². The zero-order valence-electron chi connectivity index (χ0n) is 11.4. The molecule has 116 valence electrons. The Balaban J connectivity index is 2.13. The molecule has 0 aromatic heterocycles. The predicted molar refractivity (Wildman–Crippen MR) is 75.3 cm³/mol. The van der Waals surface area contributed by atoms with Gasteiger partial charge in [-0.25, -0.2) is 0 Å². The summed E-state index contributed by atoms with van der Waals surface area (Å²) >= 11 is 5.86. The average molecular weight is 321 g/mol. The Morgan fingerprint density at radius 2 is 2.14 bits per heavy atom. The Morgan fingerprint density at radius 1 is 1.43 bits per heavy atom. The van der Waals surface area contributed by atoms with E-state index in [1.807, 2.05) is 6.92 Å². The molecule has 0 radical (unpaired) electrons. The van der Waals surface area contributed by atoms with Crippen LogP contribution in [0.3, 0.4) is 0 Å². The van der Waals surface area contributed by atoms with Crippen molar-refractivity contribution in [3.05, 3.63) is 28.8 Å². The number of alkyl halides is 3. The molecule has 0 bridgehead atoms.